The highest BCUT2D eigenvalue weighted by atomic mass is 32.2. The molecule has 1 N–H and O–H groups in total. The quantitative estimate of drug-likeness (QED) is 0.892. The van der Waals surface area contributed by atoms with E-state index < -0.39 is 15.4 Å². The van der Waals surface area contributed by atoms with Crippen LogP contribution in [-0.2, 0) is 20.0 Å². The number of rotatable bonds is 3. The van der Waals surface area contributed by atoms with Crippen molar-refractivity contribution in [2.45, 2.75) is 45.6 Å². The van der Waals surface area contributed by atoms with E-state index in [9.17, 15) is 13.2 Å². The molecule has 1 aromatic heterocycles. The summed E-state index contributed by atoms with van der Waals surface area (Å²) in [5.41, 5.74) is -1.01. The van der Waals surface area contributed by atoms with Gasteiger partial charge in [0.05, 0.1) is 17.0 Å². The number of hydrogen-bond donors (Lipinski definition) is 1. The van der Waals surface area contributed by atoms with Crippen molar-refractivity contribution in [3.05, 3.63) is 11.8 Å². The molecule has 0 aromatic carbocycles. The highest BCUT2D eigenvalue weighted by Crippen LogP contribution is 2.25. The molecule has 23 heavy (non-hydrogen) atoms. The first-order chi connectivity index (χ1) is 10.4. The molecule has 1 aromatic rings. The molecule has 8 heteroatoms. The first-order valence-corrected chi connectivity index (χ1v) is 9.48. The van der Waals surface area contributed by atoms with Gasteiger partial charge in [-0.15, -0.1) is 0 Å². The van der Waals surface area contributed by atoms with Crippen molar-refractivity contribution in [1.29, 1.82) is 0 Å². The van der Waals surface area contributed by atoms with Gasteiger partial charge in [0.1, 0.15) is 5.76 Å². The highest BCUT2D eigenvalue weighted by molar-refractivity contribution is 7.91. The maximum absolute atomic E-state index is 12.6. The largest absolute Gasteiger partial charge is 0.359 e. The van der Waals surface area contributed by atoms with Crippen molar-refractivity contribution in [2.24, 2.45) is 0 Å². The summed E-state index contributed by atoms with van der Waals surface area (Å²) in [7, 11) is -2.97. The number of hydrogen-bond acceptors (Lipinski definition) is 6. The van der Waals surface area contributed by atoms with Gasteiger partial charge in [0.15, 0.2) is 15.7 Å². The minimum absolute atomic E-state index is 0.0852. The van der Waals surface area contributed by atoms with E-state index in [0.717, 1.165) is 0 Å². The zero-order valence-corrected chi connectivity index (χ0v) is 15.2. The minimum Gasteiger partial charge on any atom is -0.359 e. The van der Waals surface area contributed by atoms with Gasteiger partial charge in [0.25, 0.3) is 0 Å². The molecular formula is C15H25N3O4S. The fourth-order valence-corrected chi connectivity index (χ4v) is 3.57. The topological polar surface area (TPSA) is 92.5 Å². The van der Waals surface area contributed by atoms with E-state index in [1.165, 1.54) is 0 Å². The van der Waals surface area contributed by atoms with Crippen LogP contribution in [0.25, 0.3) is 0 Å². The first kappa shape index (κ1) is 17.9. The molecule has 0 radical (unpaired) electrons. The van der Waals surface area contributed by atoms with Gasteiger partial charge >= 0.3 is 0 Å². The minimum atomic E-state index is -2.97. The predicted molar refractivity (Wildman–Crippen MR) is 88.1 cm³/mol. The van der Waals surface area contributed by atoms with Crippen LogP contribution in [0.3, 0.4) is 0 Å². The summed E-state index contributed by atoms with van der Waals surface area (Å²) in [5, 5.41) is 6.64. The van der Waals surface area contributed by atoms with E-state index in [0.29, 0.717) is 24.7 Å². The third-order valence-electron chi connectivity index (χ3n) is 4.18. The Balaban J connectivity index is 2.06. The van der Waals surface area contributed by atoms with Crippen LogP contribution in [0.2, 0.25) is 0 Å². The fraction of sp³-hybridized carbons (Fsp3) is 0.733. The molecule has 1 amide bonds. The number of amides is 1. The SMILES string of the molecule is CC(C)(C)c1cc(NC(=O)C(C)(C)N2CCS(=O)(=O)CC2)no1. The Bertz CT molecular complexity index is 672. The lowest BCUT2D eigenvalue weighted by atomic mass is 9.93. The molecule has 2 heterocycles. The Hall–Kier alpha value is -1.41. The lowest BCUT2D eigenvalue weighted by molar-refractivity contribution is -0.126. The van der Waals surface area contributed by atoms with E-state index >= 15 is 0 Å². The Labute approximate surface area is 137 Å². The van der Waals surface area contributed by atoms with Crippen molar-refractivity contribution in [1.82, 2.24) is 10.1 Å². The summed E-state index contributed by atoms with van der Waals surface area (Å²) in [4.78, 5) is 14.5. The van der Waals surface area contributed by atoms with Crippen LogP contribution < -0.4 is 5.32 Å². The summed E-state index contributed by atoms with van der Waals surface area (Å²) < 4.78 is 28.3. The van der Waals surface area contributed by atoms with Crippen molar-refractivity contribution in [3.63, 3.8) is 0 Å². The van der Waals surface area contributed by atoms with Crippen LogP contribution in [0.5, 0.6) is 0 Å². The first-order valence-electron chi connectivity index (χ1n) is 7.66. The molecule has 0 saturated carbocycles. The normalized spacial score (nSPS) is 19.5. The molecule has 0 atom stereocenters. The maximum Gasteiger partial charge on any atom is 0.245 e. The molecule has 7 nitrogen and oxygen atoms in total. The molecular weight excluding hydrogens is 318 g/mol. The molecule has 0 spiro atoms. The Morgan fingerprint density at radius 2 is 1.78 bits per heavy atom. The second-order valence-corrected chi connectivity index (χ2v) is 9.78. The Morgan fingerprint density at radius 1 is 1.22 bits per heavy atom. The standard InChI is InChI=1S/C15H25N3O4S/c1-14(2,3)11-10-12(17-22-11)16-13(19)15(4,5)18-6-8-23(20,21)9-7-18/h10H,6-9H2,1-5H3,(H,16,17,19). The lowest BCUT2D eigenvalue weighted by Gasteiger charge is -2.39. The van der Waals surface area contributed by atoms with Crippen molar-refractivity contribution in [3.8, 4) is 0 Å². The van der Waals surface area contributed by atoms with Crippen LogP contribution in [0.1, 0.15) is 40.4 Å². The van der Waals surface area contributed by atoms with E-state index in [1.807, 2.05) is 25.7 Å². The van der Waals surface area contributed by atoms with Gasteiger partial charge in [-0.1, -0.05) is 25.9 Å². The van der Waals surface area contributed by atoms with Gasteiger partial charge in [0.2, 0.25) is 5.91 Å². The Kier molecular flexibility index (Phi) is 4.60. The lowest BCUT2D eigenvalue weighted by Crippen LogP contribution is -2.57. The van der Waals surface area contributed by atoms with Gasteiger partial charge in [0, 0.05) is 24.6 Å². The molecule has 0 unspecified atom stereocenters. The van der Waals surface area contributed by atoms with Crippen molar-refractivity contribution >= 4 is 21.6 Å². The number of carbonyl (C=O) groups is 1. The smallest absolute Gasteiger partial charge is 0.245 e. The van der Waals surface area contributed by atoms with E-state index in [-0.39, 0.29) is 22.8 Å². The van der Waals surface area contributed by atoms with Crippen LogP contribution >= 0.6 is 0 Å². The molecule has 1 fully saturated rings. The number of carbonyl (C=O) groups excluding carboxylic acids is 1. The van der Waals surface area contributed by atoms with E-state index in [2.05, 4.69) is 10.5 Å². The zero-order chi connectivity index (χ0) is 17.5. The van der Waals surface area contributed by atoms with E-state index in [4.69, 9.17) is 4.52 Å². The average molecular weight is 343 g/mol. The van der Waals surface area contributed by atoms with Crippen molar-refractivity contribution < 1.29 is 17.7 Å². The zero-order valence-electron chi connectivity index (χ0n) is 14.3. The fourth-order valence-electron chi connectivity index (χ4n) is 2.37. The summed E-state index contributed by atoms with van der Waals surface area (Å²) in [6, 6.07) is 1.72. The predicted octanol–water partition coefficient (Wildman–Crippen LogP) is 1.42. The number of nitrogens with zero attached hydrogens (tertiary/aromatic N) is 2. The van der Waals surface area contributed by atoms with Gasteiger partial charge in [-0.25, -0.2) is 8.42 Å². The van der Waals surface area contributed by atoms with Gasteiger partial charge in [-0.3, -0.25) is 9.69 Å². The molecule has 130 valence electrons. The average Bonchev–Trinajstić information content (AvgIpc) is 2.86. The molecule has 2 rings (SSSR count). The Morgan fingerprint density at radius 3 is 2.26 bits per heavy atom. The third-order valence-corrected chi connectivity index (χ3v) is 5.79. The number of anilines is 1. The summed E-state index contributed by atoms with van der Waals surface area (Å²) in [6.07, 6.45) is 0. The molecule has 1 aliphatic heterocycles. The van der Waals surface area contributed by atoms with Crippen LogP contribution in [0, 0.1) is 0 Å². The van der Waals surface area contributed by atoms with Gasteiger partial charge in [-0.2, -0.15) is 0 Å². The van der Waals surface area contributed by atoms with Gasteiger partial charge < -0.3 is 9.84 Å². The summed E-state index contributed by atoms with van der Waals surface area (Å²) in [6.45, 7) is 10.3. The third kappa shape index (κ3) is 4.11. The molecule has 1 aliphatic rings. The molecule has 0 aliphatic carbocycles. The second-order valence-electron chi connectivity index (χ2n) is 7.48. The van der Waals surface area contributed by atoms with E-state index in [1.54, 1.807) is 19.9 Å². The molecule has 1 saturated heterocycles. The highest BCUT2D eigenvalue weighted by Gasteiger charge is 2.38. The second kappa shape index (κ2) is 5.90. The summed E-state index contributed by atoms with van der Waals surface area (Å²) >= 11 is 0. The monoisotopic (exact) mass is 343 g/mol. The molecule has 0 bridgehead atoms. The van der Waals surface area contributed by atoms with Crippen molar-refractivity contribution in [2.75, 3.05) is 29.9 Å². The van der Waals surface area contributed by atoms with Crippen LogP contribution in [0.15, 0.2) is 10.6 Å². The number of aromatic nitrogens is 1. The maximum atomic E-state index is 12.6. The summed E-state index contributed by atoms with van der Waals surface area (Å²) in [5.74, 6) is 1.00. The number of sulfone groups is 1. The number of nitrogens with one attached hydrogen (secondary N) is 1. The van der Waals surface area contributed by atoms with Gasteiger partial charge in [-0.05, 0) is 13.8 Å². The van der Waals surface area contributed by atoms with Crippen LogP contribution in [0.4, 0.5) is 5.82 Å². The van der Waals surface area contributed by atoms with Crippen LogP contribution in [-0.4, -0.2) is 54.5 Å².